The lowest BCUT2D eigenvalue weighted by molar-refractivity contribution is 0.237. The third-order valence-corrected chi connectivity index (χ3v) is 3.59. The predicted molar refractivity (Wildman–Crippen MR) is 68.0 cm³/mol. The molecule has 15 heavy (non-hydrogen) atoms. The normalized spacial score (nSPS) is 27.6. The van der Waals surface area contributed by atoms with E-state index < -0.39 is 0 Å². The van der Waals surface area contributed by atoms with Gasteiger partial charge in [0.1, 0.15) is 0 Å². The van der Waals surface area contributed by atoms with Gasteiger partial charge >= 0.3 is 0 Å². The van der Waals surface area contributed by atoms with Gasteiger partial charge in [-0.3, -0.25) is 0 Å². The first-order valence-corrected chi connectivity index (χ1v) is 6.81. The summed E-state index contributed by atoms with van der Waals surface area (Å²) in [7, 11) is 0. The Morgan fingerprint density at radius 3 is 1.93 bits per heavy atom. The largest absolute Gasteiger partial charge is 0.314 e. The van der Waals surface area contributed by atoms with E-state index in [0.29, 0.717) is 6.04 Å². The van der Waals surface area contributed by atoms with Crippen molar-refractivity contribution in [2.75, 3.05) is 6.54 Å². The second-order valence-electron chi connectivity index (χ2n) is 6.08. The second-order valence-corrected chi connectivity index (χ2v) is 6.08. The monoisotopic (exact) mass is 211 g/mol. The van der Waals surface area contributed by atoms with E-state index in [4.69, 9.17) is 0 Å². The van der Waals surface area contributed by atoms with Gasteiger partial charge in [0.15, 0.2) is 0 Å². The summed E-state index contributed by atoms with van der Waals surface area (Å²) < 4.78 is 0. The molecule has 0 atom stereocenters. The number of nitrogens with one attached hydrogen (secondary N) is 1. The molecule has 0 saturated heterocycles. The highest BCUT2D eigenvalue weighted by molar-refractivity contribution is 4.75. The molecule has 0 spiro atoms. The fourth-order valence-corrected chi connectivity index (χ4v) is 2.74. The summed E-state index contributed by atoms with van der Waals surface area (Å²) in [5, 5.41) is 3.57. The Hall–Kier alpha value is -0.0400. The van der Waals surface area contributed by atoms with E-state index in [9.17, 15) is 0 Å². The molecule has 1 aliphatic rings. The quantitative estimate of drug-likeness (QED) is 0.728. The van der Waals surface area contributed by atoms with E-state index in [1.54, 1.807) is 0 Å². The van der Waals surface area contributed by atoms with Gasteiger partial charge in [0, 0.05) is 6.04 Å². The smallest absolute Gasteiger partial charge is 0.00104 e. The molecule has 90 valence electrons. The van der Waals surface area contributed by atoms with Gasteiger partial charge in [-0.25, -0.2) is 0 Å². The summed E-state index contributed by atoms with van der Waals surface area (Å²) in [5.41, 5.74) is 0. The molecule has 1 N–H and O–H groups in total. The summed E-state index contributed by atoms with van der Waals surface area (Å²) in [6, 6.07) is 0.651. The van der Waals surface area contributed by atoms with Crippen molar-refractivity contribution in [1.29, 1.82) is 0 Å². The average Bonchev–Trinajstić information content (AvgIpc) is 2.16. The van der Waals surface area contributed by atoms with Gasteiger partial charge in [-0.2, -0.15) is 0 Å². The average molecular weight is 211 g/mol. The lowest BCUT2D eigenvalue weighted by atomic mass is 9.78. The highest BCUT2D eigenvalue weighted by Crippen LogP contribution is 2.32. The van der Waals surface area contributed by atoms with Crippen molar-refractivity contribution >= 4 is 0 Å². The van der Waals surface area contributed by atoms with Crippen molar-refractivity contribution in [2.45, 2.75) is 65.8 Å². The Kier molecular flexibility index (Phi) is 5.66. The van der Waals surface area contributed by atoms with Crippen LogP contribution < -0.4 is 5.32 Å². The number of hydrogen-bond donors (Lipinski definition) is 1. The highest BCUT2D eigenvalue weighted by Gasteiger charge is 2.21. The summed E-state index contributed by atoms with van der Waals surface area (Å²) in [6.07, 6.45) is 7.31. The van der Waals surface area contributed by atoms with E-state index in [2.05, 4.69) is 33.0 Å². The van der Waals surface area contributed by atoms with Crippen molar-refractivity contribution in [3.8, 4) is 0 Å². The van der Waals surface area contributed by atoms with E-state index in [0.717, 1.165) is 17.8 Å². The molecule has 1 heteroatoms. The van der Waals surface area contributed by atoms with Crippen LogP contribution >= 0.6 is 0 Å². The lowest BCUT2D eigenvalue weighted by Crippen LogP contribution is -2.31. The summed E-state index contributed by atoms with van der Waals surface area (Å²) in [6.45, 7) is 10.4. The molecule has 0 radical (unpaired) electrons. The van der Waals surface area contributed by atoms with Crippen molar-refractivity contribution in [2.24, 2.45) is 17.8 Å². The molecule has 0 bridgehead atoms. The predicted octanol–water partition coefficient (Wildman–Crippen LogP) is 3.84. The maximum atomic E-state index is 3.57. The number of hydrogen-bond acceptors (Lipinski definition) is 1. The zero-order valence-electron chi connectivity index (χ0n) is 11.1. The van der Waals surface area contributed by atoms with Crippen LogP contribution in [-0.4, -0.2) is 12.6 Å². The Morgan fingerprint density at radius 2 is 1.47 bits per heavy atom. The fourth-order valence-electron chi connectivity index (χ4n) is 2.74. The minimum absolute atomic E-state index is 0.651. The van der Waals surface area contributed by atoms with Gasteiger partial charge in [0.05, 0.1) is 0 Å². The lowest BCUT2D eigenvalue weighted by Gasteiger charge is -2.30. The first kappa shape index (κ1) is 13.0. The third-order valence-electron chi connectivity index (χ3n) is 3.59. The molecule has 0 unspecified atom stereocenters. The maximum absolute atomic E-state index is 3.57. The molecule has 0 amide bonds. The van der Waals surface area contributed by atoms with Crippen LogP contribution in [0.25, 0.3) is 0 Å². The van der Waals surface area contributed by atoms with E-state index in [1.165, 1.54) is 38.6 Å². The van der Waals surface area contributed by atoms with Gasteiger partial charge in [-0.15, -0.1) is 0 Å². The Labute approximate surface area is 96.0 Å². The van der Waals surface area contributed by atoms with Gasteiger partial charge in [0.2, 0.25) is 0 Å². The van der Waals surface area contributed by atoms with E-state index in [-0.39, 0.29) is 0 Å². The van der Waals surface area contributed by atoms with Crippen LogP contribution in [0.15, 0.2) is 0 Å². The molecule has 0 aliphatic heterocycles. The zero-order valence-corrected chi connectivity index (χ0v) is 11.1. The zero-order chi connectivity index (χ0) is 11.3. The van der Waals surface area contributed by atoms with Crippen LogP contribution in [0.2, 0.25) is 0 Å². The summed E-state index contributed by atoms with van der Waals surface area (Å²) in [4.78, 5) is 0. The Bertz CT molecular complexity index is 155. The van der Waals surface area contributed by atoms with Gasteiger partial charge in [-0.05, 0) is 43.6 Å². The molecule has 0 heterocycles. The molecule has 0 aromatic heterocycles. The second kappa shape index (κ2) is 6.52. The SMILES string of the molecule is CC(C)C[C@H]1CC[C@H](CNC(C)C)CC1. The van der Waals surface area contributed by atoms with Crippen LogP contribution in [0.4, 0.5) is 0 Å². The molecular formula is C14H29N. The minimum atomic E-state index is 0.651. The van der Waals surface area contributed by atoms with Crippen LogP contribution in [0.1, 0.15) is 59.8 Å². The van der Waals surface area contributed by atoms with Gasteiger partial charge < -0.3 is 5.32 Å². The van der Waals surface area contributed by atoms with E-state index in [1.807, 2.05) is 0 Å². The van der Waals surface area contributed by atoms with Crippen molar-refractivity contribution in [3.63, 3.8) is 0 Å². The number of rotatable bonds is 5. The van der Waals surface area contributed by atoms with E-state index >= 15 is 0 Å². The van der Waals surface area contributed by atoms with Crippen LogP contribution in [0, 0.1) is 17.8 Å². The van der Waals surface area contributed by atoms with Crippen molar-refractivity contribution < 1.29 is 0 Å². The summed E-state index contributed by atoms with van der Waals surface area (Å²) >= 11 is 0. The van der Waals surface area contributed by atoms with Gasteiger partial charge in [0.25, 0.3) is 0 Å². The topological polar surface area (TPSA) is 12.0 Å². The van der Waals surface area contributed by atoms with Crippen LogP contribution in [0.5, 0.6) is 0 Å². The first-order chi connectivity index (χ1) is 7.08. The van der Waals surface area contributed by atoms with Crippen LogP contribution in [0.3, 0.4) is 0 Å². The molecule has 0 aromatic carbocycles. The third kappa shape index (κ3) is 5.55. The van der Waals surface area contributed by atoms with Crippen LogP contribution in [-0.2, 0) is 0 Å². The van der Waals surface area contributed by atoms with Gasteiger partial charge in [-0.1, -0.05) is 40.5 Å². The fraction of sp³-hybridized carbons (Fsp3) is 1.00. The van der Waals surface area contributed by atoms with Crippen molar-refractivity contribution in [1.82, 2.24) is 5.32 Å². The molecule has 0 aromatic rings. The van der Waals surface area contributed by atoms with Crippen molar-refractivity contribution in [3.05, 3.63) is 0 Å². The first-order valence-electron chi connectivity index (χ1n) is 6.81. The molecule has 1 rings (SSSR count). The Balaban J connectivity index is 2.12. The highest BCUT2D eigenvalue weighted by atomic mass is 14.9. The molecule has 1 nitrogen and oxygen atoms in total. The minimum Gasteiger partial charge on any atom is -0.314 e. The molecule has 1 aliphatic carbocycles. The maximum Gasteiger partial charge on any atom is 0.00104 e. The molecular weight excluding hydrogens is 182 g/mol. The Morgan fingerprint density at radius 1 is 0.933 bits per heavy atom. The standard InChI is InChI=1S/C14H29N/c1-11(2)9-13-5-7-14(8-6-13)10-15-12(3)4/h11-15H,5-10H2,1-4H3/t13-,14-. The summed E-state index contributed by atoms with van der Waals surface area (Å²) in [5.74, 6) is 2.87. The molecule has 1 fully saturated rings. The molecule has 1 saturated carbocycles.